The normalized spacial score (nSPS) is 17.9. The van der Waals surface area contributed by atoms with Crippen molar-refractivity contribution in [3.8, 4) is 11.5 Å². The van der Waals surface area contributed by atoms with Gasteiger partial charge >= 0.3 is 5.97 Å². The Morgan fingerprint density at radius 3 is 2.44 bits per heavy atom. The highest BCUT2D eigenvalue weighted by Gasteiger charge is 2.44. The van der Waals surface area contributed by atoms with Gasteiger partial charge in [0.1, 0.15) is 0 Å². The standard InChI is InChI=1S/C19H17F2NO5/c1-26-16-7-10(19(24)25)6-15(17(16)27-2)22-18(23)12-8-11(12)9-3-4-13(20)14(21)5-9/h3-7,11-12H,8H2,1-2H3,(H,22,23)(H,24,25). The number of anilines is 1. The summed E-state index contributed by atoms with van der Waals surface area (Å²) in [4.78, 5) is 23.8. The van der Waals surface area contributed by atoms with Crippen molar-refractivity contribution in [2.45, 2.75) is 12.3 Å². The molecule has 6 nitrogen and oxygen atoms in total. The molecule has 0 radical (unpaired) electrons. The fourth-order valence-electron chi connectivity index (χ4n) is 3.00. The van der Waals surface area contributed by atoms with Gasteiger partial charge in [-0.3, -0.25) is 4.79 Å². The molecule has 8 heteroatoms. The van der Waals surface area contributed by atoms with Crippen molar-refractivity contribution in [1.82, 2.24) is 0 Å². The number of aromatic carboxylic acids is 1. The van der Waals surface area contributed by atoms with Gasteiger partial charge in [-0.15, -0.1) is 0 Å². The topological polar surface area (TPSA) is 84.9 Å². The minimum Gasteiger partial charge on any atom is -0.493 e. The first-order chi connectivity index (χ1) is 12.8. The first-order valence-corrected chi connectivity index (χ1v) is 8.10. The first-order valence-electron chi connectivity index (χ1n) is 8.10. The van der Waals surface area contributed by atoms with E-state index in [2.05, 4.69) is 5.32 Å². The highest BCUT2D eigenvalue weighted by Crippen LogP contribution is 2.49. The number of methoxy groups -OCH3 is 2. The fourth-order valence-corrected chi connectivity index (χ4v) is 3.00. The Kier molecular flexibility index (Phi) is 4.98. The third-order valence-electron chi connectivity index (χ3n) is 4.48. The van der Waals surface area contributed by atoms with Crippen LogP contribution in [0.4, 0.5) is 14.5 Å². The zero-order valence-electron chi connectivity index (χ0n) is 14.6. The molecule has 3 rings (SSSR count). The molecular formula is C19H17F2NO5. The number of amides is 1. The number of ether oxygens (including phenoxy) is 2. The molecule has 142 valence electrons. The van der Waals surface area contributed by atoms with E-state index in [9.17, 15) is 23.5 Å². The van der Waals surface area contributed by atoms with Crippen LogP contribution in [0.3, 0.4) is 0 Å². The van der Waals surface area contributed by atoms with E-state index < -0.39 is 23.5 Å². The maximum atomic E-state index is 13.4. The summed E-state index contributed by atoms with van der Waals surface area (Å²) < 4.78 is 36.8. The minimum atomic E-state index is -1.18. The largest absolute Gasteiger partial charge is 0.493 e. The molecule has 0 heterocycles. The number of halogens is 2. The molecule has 0 aromatic heterocycles. The lowest BCUT2D eigenvalue weighted by atomic mass is 10.1. The number of carboxylic acids is 1. The molecule has 1 amide bonds. The lowest BCUT2D eigenvalue weighted by molar-refractivity contribution is -0.117. The van der Waals surface area contributed by atoms with Crippen molar-refractivity contribution in [2.24, 2.45) is 5.92 Å². The molecule has 0 saturated heterocycles. The second-order valence-electron chi connectivity index (χ2n) is 6.18. The van der Waals surface area contributed by atoms with E-state index in [1.54, 1.807) is 0 Å². The number of carboxylic acid groups (broad SMARTS) is 1. The summed E-state index contributed by atoms with van der Waals surface area (Å²) in [6, 6.07) is 6.13. The highest BCUT2D eigenvalue weighted by molar-refractivity contribution is 5.99. The molecule has 2 N–H and O–H groups in total. The van der Waals surface area contributed by atoms with Crippen molar-refractivity contribution >= 4 is 17.6 Å². The van der Waals surface area contributed by atoms with Crippen LogP contribution in [-0.2, 0) is 4.79 Å². The lowest BCUT2D eigenvalue weighted by Gasteiger charge is -2.15. The third-order valence-corrected chi connectivity index (χ3v) is 4.48. The van der Waals surface area contributed by atoms with Crippen molar-refractivity contribution in [1.29, 1.82) is 0 Å². The molecule has 2 aromatic carbocycles. The summed E-state index contributed by atoms with van der Waals surface area (Å²) in [6.07, 6.45) is 0.481. The molecule has 1 aliphatic rings. The molecule has 2 unspecified atom stereocenters. The van der Waals surface area contributed by atoms with Gasteiger partial charge in [0.15, 0.2) is 23.1 Å². The number of nitrogens with one attached hydrogen (secondary N) is 1. The van der Waals surface area contributed by atoms with Gasteiger partial charge in [-0.2, -0.15) is 0 Å². The van der Waals surface area contributed by atoms with E-state index in [0.29, 0.717) is 12.0 Å². The quantitative estimate of drug-likeness (QED) is 0.806. The van der Waals surface area contributed by atoms with Gasteiger partial charge in [-0.1, -0.05) is 6.07 Å². The summed E-state index contributed by atoms with van der Waals surface area (Å²) in [7, 11) is 2.73. The molecule has 1 saturated carbocycles. The number of benzene rings is 2. The van der Waals surface area contributed by atoms with Crippen LogP contribution in [-0.4, -0.2) is 31.2 Å². The van der Waals surface area contributed by atoms with Crippen molar-refractivity contribution in [3.63, 3.8) is 0 Å². The van der Waals surface area contributed by atoms with Gasteiger partial charge in [-0.25, -0.2) is 13.6 Å². The maximum Gasteiger partial charge on any atom is 0.335 e. The molecule has 0 spiro atoms. The summed E-state index contributed by atoms with van der Waals surface area (Å²) in [5, 5.41) is 11.9. The Morgan fingerprint density at radius 1 is 1.11 bits per heavy atom. The van der Waals surface area contributed by atoms with Crippen LogP contribution >= 0.6 is 0 Å². The van der Waals surface area contributed by atoms with Crippen LogP contribution in [0.25, 0.3) is 0 Å². The van der Waals surface area contributed by atoms with Gasteiger partial charge in [-0.05, 0) is 42.2 Å². The van der Waals surface area contributed by atoms with E-state index in [-0.39, 0.29) is 34.6 Å². The molecule has 2 aromatic rings. The molecule has 0 bridgehead atoms. The monoisotopic (exact) mass is 377 g/mol. The van der Waals surface area contributed by atoms with Crippen LogP contribution in [0.2, 0.25) is 0 Å². The lowest BCUT2D eigenvalue weighted by Crippen LogP contribution is -2.16. The smallest absolute Gasteiger partial charge is 0.335 e. The number of rotatable bonds is 6. The average molecular weight is 377 g/mol. The van der Waals surface area contributed by atoms with Crippen molar-refractivity contribution < 1.29 is 33.0 Å². The highest BCUT2D eigenvalue weighted by atomic mass is 19.2. The van der Waals surface area contributed by atoms with Crippen LogP contribution in [0.1, 0.15) is 28.3 Å². The molecule has 0 aliphatic heterocycles. The van der Waals surface area contributed by atoms with Gasteiger partial charge in [0, 0.05) is 5.92 Å². The fraction of sp³-hybridized carbons (Fsp3) is 0.263. The van der Waals surface area contributed by atoms with Crippen molar-refractivity contribution in [2.75, 3.05) is 19.5 Å². The molecule has 1 fully saturated rings. The number of carbonyl (C=O) groups is 2. The predicted molar refractivity (Wildman–Crippen MR) is 92.3 cm³/mol. The van der Waals surface area contributed by atoms with E-state index >= 15 is 0 Å². The minimum absolute atomic E-state index is 0.0732. The van der Waals surface area contributed by atoms with Crippen LogP contribution < -0.4 is 14.8 Å². The zero-order chi connectivity index (χ0) is 19.7. The Balaban J connectivity index is 1.81. The second-order valence-corrected chi connectivity index (χ2v) is 6.18. The van der Waals surface area contributed by atoms with E-state index in [1.807, 2.05) is 0 Å². The van der Waals surface area contributed by atoms with E-state index in [0.717, 1.165) is 12.1 Å². The Morgan fingerprint density at radius 2 is 1.85 bits per heavy atom. The molecular weight excluding hydrogens is 360 g/mol. The van der Waals surface area contributed by atoms with Gasteiger partial charge in [0.2, 0.25) is 5.91 Å². The van der Waals surface area contributed by atoms with Crippen LogP contribution in [0.15, 0.2) is 30.3 Å². The Hall–Kier alpha value is -3.16. The number of hydrogen-bond donors (Lipinski definition) is 2. The SMILES string of the molecule is COc1cc(C(=O)O)cc(NC(=O)C2CC2c2ccc(F)c(F)c2)c1OC. The van der Waals surface area contributed by atoms with Crippen LogP contribution in [0, 0.1) is 17.6 Å². The van der Waals surface area contributed by atoms with Crippen LogP contribution in [0.5, 0.6) is 11.5 Å². The molecule has 2 atom stereocenters. The summed E-state index contributed by atoms with van der Waals surface area (Å²) in [5.41, 5.74) is 0.629. The van der Waals surface area contributed by atoms with E-state index in [4.69, 9.17) is 9.47 Å². The summed E-state index contributed by atoms with van der Waals surface area (Å²) in [6.45, 7) is 0. The number of hydrogen-bond acceptors (Lipinski definition) is 4. The summed E-state index contributed by atoms with van der Waals surface area (Å²) >= 11 is 0. The average Bonchev–Trinajstić information content (AvgIpc) is 3.44. The van der Waals surface area contributed by atoms with E-state index in [1.165, 1.54) is 32.4 Å². The number of carbonyl (C=O) groups excluding carboxylic acids is 1. The predicted octanol–water partition coefficient (Wildman–Crippen LogP) is 3.42. The zero-order valence-corrected chi connectivity index (χ0v) is 14.6. The molecule has 1 aliphatic carbocycles. The Labute approximate surface area is 153 Å². The second kappa shape index (κ2) is 7.22. The molecule has 27 heavy (non-hydrogen) atoms. The van der Waals surface area contributed by atoms with Gasteiger partial charge in [0.25, 0.3) is 0 Å². The Bertz CT molecular complexity index is 915. The summed E-state index contributed by atoms with van der Waals surface area (Å²) in [5.74, 6) is -3.75. The first kappa shape index (κ1) is 18.6. The van der Waals surface area contributed by atoms with Gasteiger partial charge in [0.05, 0.1) is 25.5 Å². The van der Waals surface area contributed by atoms with Gasteiger partial charge < -0.3 is 19.9 Å². The van der Waals surface area contributed by atoms with Crippen molar-refractivity contribution in [3.05, 3.63) is 53.1 Å². The third kappa shape index (κ3) is 3.69. The maximum absolute atomic E-state index is 13.4.